The first kappa shape index (κ1) is 21.8. The highest BCUT2D eigenvalue weighted by Gasteiger charge is 2.21. The molecule has 0 atom stereocenters. The number of benzene rings is 1. The van der Waals surface area contributed by atoms with Gasteiger partial charge in [-0.15, -0.1) is 0 Å². The zero-order chi connectivity index (χ0) is 23.5. The number of rotatable bonds is 6. The molecule has 34 heavy (non-hydrogen) atoms. The van der Waals surface area contributed by atoms with E-state index in [4.69, 9.17) is 14.2 Å². The van der Waals surface area contributed by atoms with Gasteiger partial charge in [0.25, 0.3) is 5.91 Å². The molecule has 3 aromatic rings. The van der Waals surface area contributed by atoms with Crippen LogP contribution in [-0.2, 0) is 9.53 Å². The quantitative estimate of drug-likeness (QED) is 0.499. The second-order valence-corrected chi connectivity index (χ2v) is 7.86. The van der Waals surface area contributed by atoms with Gasteiger partial charge in [0.05, 0.1) is 13.3 Å². The fourth-order valence-electron chi connectivity index (χ4n) is 3.93. The lowest BCUT2D eigenvalue weighted by atomic mass is 9.91. The molecular formula is C23H23FN6O4. The lowest BCUT2D eigenvalue weighted by molar-refractivity contribution is -0.118. The van der Waals surface area contributed by atoms with E-state index in [-0.39, 0.29) is 35.9 Å². The summed E-state index contributed by atoms with van der Waals surface area (Å²) in [6.07, 6.45) is 2.96. The summed E-state index contributed by atoms with van der Waals surface area (Å²) in [6, 6.07) is 9.05. The van der Waals surface area contributed by atoms with Gasteiger partial charge in [0, 0.05) is 25.0 Å². The summed E-state index contributed by atoms with van der Waals surface area (Å²) in [4.78, 5) is 24.0. The van der Waals surface area contributed by atoms with Gasteiger partial charge >= 0.3 is 0 Å². The van der Waals surface area contributed by atoms with Crippen LogP contribution in [0.25, 0.3) is 0 Å². The van der Waals surface area contributed by atoms with Crippen molar-refractivity contribution in [1.82, 2.24) is 15.0 Å². The maximum Gasteiger partial charge on any atom is 0.263 e. The van der Waals surface area contributed by atoms with Crippen LogP contribution in [0, 0.1) is 5.82 Å². The molecule has 1 amide bonds. The maximum absolute atomic E-state index is 14.4. The van der Waals surface area contributed by atoms with E-state index < -0.39 is 5.82 Å². The minimum absolute atomic E-state index is 0.0706. The lowest BCUT2D eigenvalue weighted by Gasteiger charge is -2.24. The molecule has 10 nitrogen and oxygen atoms in total. The number of nitrogens with one attached hydrogen (secondary N) is 3. The van der Waals surface area contributed by atoms with Crippen LogP contribution in [0.3, 0.4) is 0 Å². The Labute approximate surface area is 194 Å². The molecule has 1 saturated heterocycles. The third-order valence-electron chi connectivity index (χ3n) is 5.62. The SMILES string of the molecule is COc1cc(Nc2ncc(F)c(Nc3ccc4c(n3)NC(=O)CO4)n2)ccc1C1CCOCC1. The van der Waals surface area contributed by atoms with Crippen LogP contribution in [0.1, 0.15) is 24.3 Å². The number of ether oxygens (including phenoxy) is 3. The van der Waals surface area contributed by atoms with Gasteiger partial charge in [0.1, 0.15) is 11.6 Å². The minimum Gasteiger partial charge on any atom is -0.496 e. The van der Waals surface area contributed by atoms with Crippen molar-refractivity contribution >= 4 is 35.0 Å². The van der Waals surface area contributed by atoms with Crippen molar-refractivity contribution in [2.24, 2.45) is 0 Å². The average molecular weight is 466 g/mol. The minimum atomic E-state index is -0.655. The molecule has 5 rings (SSSR count). The van der Waals surface area contributed by atoms with Gasteiger partial charge in [-0.05, 0) is 42.5 Å². The average Bonchev–Trinajstić information content (AvgIpc) is 2.86. The molecule has 0 radical (unpaired) electrons. The first-order valence-corrected chi connectivity index (χ1v) is 10.8. The number of pyridine rings is 1. The third kappa shape index (κ3) is 4.69. The molecule has 0 saturated carbocycles. The highest BCUT2D eigenvalue weighted by atomic mass is 19.1. The summed E-state index contributed by atoms with van der Waals surface area (Å²) in [5.74, 6) is 1.29. The topological polar surface area (TPSA) is 120 Å². The molecule has 2 aromatic heterocycles. The molecule has 0 bridgehead atoms. The summed E-state index contributed by atoms with van der Waals surface area (Å²) in [7, 11) is 1.64. The first-order valence-electron chi connectivity index (χ1n) is 10.8. The van der Waals surface area contributed by atoms with Crippen LogP contribution in [-0.4, -0.2) is 47.8 Å². The van der Waals surface area contributed by atoms with E-state index in [2.05, 4.69) is 30.9 Å². The molecule has 1 aromatic carbocycles. The smallest absolute Gasteiger partial charge is 0.263 e. The molecule has 2 aliphatic heterocycles. The Kier molecular flexibility index (Phi) is 6.09. The van der Waals surface area contributed by atoms with Gasteiger partial charge in [-0.25, -0.2) is 14.4 Å². The fraction of sp³-hybridized carbons (Fsp3) is 0.304. The summed E-state index contributed by atoms with van der Waals surface area (Å²) in [5, 5.41) is 8.52. The number of fused-ring (bicyclic) bond motifs is 1. The van der Waals surface area contributed by atoms with Gasteiger partial charge < -0.3 is 30.2 Å². The standard InChI is InChI=1S/C23H23FN6O4/c1-32-18-10-14(2-3-15(18)13-6-8-33-9-7-13)26-23-25-11-16(24)21(30-23)27-19-5-4-17-22(28-19)29-20(31)12-34-17/h2-5,10-11,13H,6-9,12H2,1H3,(H3,25,26,27,28,29,30,31). The van der Waals surface area contributed by atoms with Crippen LogP contribution < -0.4 is 25.4 Å². The number of halogens is 1. The van der Waals surface area contributed by atoms with E-state index in [9.17, 15) is 9.18 Å². The summed E-state index contributed by atoms with van der Waals surface area (Å²) >= 11 is 0. The fourth-order valence-corrected chi connectivity index (χ4v) is 3.93. The Morgan fingerprint density at radius 1 is 1.15 bits per heavy atom. The lowest BCUT2D eigenvalue weighted by Crippen LogP contribution is -2.26. The number of methoxy groups -OCH3 is 1. The Morgan fingerprint density at radius 3 is 2.82 bits per heavy atom. The number of carbonyl (C=O) groups is 1. The maximum atomic E-state index is 14.4. The number of anilines is 5. The molecule has 176 valence electrons. The van der Waals surface area contributed by atoms with Crippen molar-refractivity contribution in [1.29, 1.82) is 0 Å². The Hall–Kier alpha value is -3.99. The summed E-state index contributed by atoms with van der Waals surface area (Å²) in [5.41, 5.74) is 1.84. The van der Waals surface area contributed by atoms with E-state index in [1.165, 1.54) is 0 Å². The number of hydrogen-bond acceptors (Lipinski definition) is 9. The zero-order valence-electron chi connectivity index (χ0n) is 18.4. The molecule has 4 heterocycles. The number of carbonyl (C=O) groups excluding carboxylic acids is 1. The normalized spacial score (nSPS) is 15.6. The predicted molar refractivity (Wildman–Crippen MR) is 123 cm³/mol. The van der Waals surface area contributed by atoms with Crippen molar-refractivity contribution < 1.29 is 23.4 Å². The number of nitrogens with zero attached hydrogens (tertiary/aromatic N) is 3. The molecule has 1 fully saturated rings. The second-order valence-electron chi connectivity index (χ2n) is 7.86. The number of aromatic nitrogens is 3. The van der Waals surface area contributed by atoms with E-state index >= 15 is 0 Å². The van der Waals surface area contributed by atoms with Gasteiger partial charge in [-0.2, -0.15) is 4.98 Å². The number of hydrogen-bond donors (Lipinski definition) is 3. The molecule has 3 N–H and O–H groups in total. The molecule has 2 aliphatic rings. The van der Waals surface area contributed by atoms with Crippen LogP contribution in [0.5, 0.6) is 11.5 Å². The Morgan fingerprint density at radius 2 is 2.00 bits per heavy atom. The highest BCUT2D eigenvalue weighted by Crippen LogP contribution is 2.36. The summed E-state index contributed by atoms with van der Waals surface area (Å²) < 4.78 is 30.8. The van der Waals surface area contributed by atoms with Crippen LogP contribution in [0.15, 0.2) is 36.5 Å². The highest BCUT2D eigenvalue weighted by molar-refractivity contribution is 5.94. The predicted octanol–water partition coefficient (Wildman–Crippen LogP) is 3.73. The molecule has 0 spiro atoms. The molecule has 11 heteroatoms. The Balaban J connectivity index is 1.34. The van der Waals surface area contributed by atoms with Crippen LogP contribution in [0.2, 0.25) is 0 Å². The van der Waals surface area contributed by atoms with E-state index in [1.807, 2.05) is 18.2 Å². The van der Waals surface area contributed by atoms with Gasteiger partial charge in [0.15, 0.2) is 29.8 Å². The van der Waals surface area contributed by atoms with Crippen LogP contribution in [0.4, 0.5) is 33.5 Å². The van der Waals surface area contributed by atoms with Crippen molar-refractivity contribution in [2.45, 2.75) is 18.8 Å². The van der Waals surface area contributed by atoms with Crippen molar-refractivity contribution in [3.8, 4) is 11.5 Å². The zero-order valence-corrected chi connectivity index (χ0v) is 18.4. The van der Waals surface area contributed by atoms with Crippen LogP contribution >= 0.6 is 0 Å². The summed E-state index contributed by atoms with van der Waals surface area (Å²) in [6.45, 7) is 1.41. The van der Waals surface area contributed by atoms with Gasteiger partial charge in [-0.1, -0.05) is 6.07 Å². The molecular weight excluding hydrogens is 443 g/mol. The molecule has 0 aliphatic carbocycles. The Bertz CT molecular complexity index is 1220. The van der Waals surface area contributed by atoms with E-state index in [0.717, 1.165) is 43.6 Å². The number of amides is 1. The van der Waals surface area contributed by atoms with E-state index in [1.54, 1.807) is 19.2 Å². The van der Waals surface area contributed by atoms with Crippen molar-refractivity contribution in [2.75, 3.05) is 42.9 Å². The van der Waals surface area contributed by atoms with Gasteiger partial charge in [0.2, 0.25) is 5.95 Å². The van der Waals surface area contributed by atoms with E-state index in [0.29, 0.717) is 17.4 Å². The third-order valence-corrected chi connectivity index (χ3v) is 5.62. The monoisotopic (exact) mass is 466 g/mol. The molecule has 0 unspecified atom stereocenters. The van der Waals surface area contributed by atoms with Crippen molar-refractivity contribution in [3.05, 3.63) is 47.9 Å². The largest absolute Gasteiger partial charge is 0.496 e. The first-order chi connectivity index (χ1) is 16.6. The van der Waals surface area contributed by atoms with Gasteiger partial charge in [-0.3, -0.25) is 4.79 Å². The van der Waals surface area contributed by atoms with Crippen molar-refractivity contribution in [3.63, 3.8) is 0 Å². The second kappa shape index (κ2) is 9.48.